The van der Waals surface area contributed by atoms with Gasteiger partial charge in [0.1, 0.15) is 0 Å². The van der Waals surface area contributed by atoms with E-state index in [2.05, 4.69) is 38.2 Å². The van der Waals surface area contributed by atoms with Gasteiger partial charge in [-0.15, -0.1) is 0 Å². The van der Waals surface area contributed by atoms with Gasteiger partial charge >= 0.3 is 0 Å². The van der Waals surface area contributed by atoms with Gasteiger partial charge in [0, 0.05) is 10.7 Å². The molecular formula is C20H22ClNO. The Balaban J connectivity index is 1.75. The molecule has 1 fully saturated rings. The molecule has 1 aliphatic carbocycles. The van der Waals surface area contributed by atoms with E-state index < -0.39 is 0 Å². The summed E-state index contributed by atoms with van der Waals surface area (Å²) in [6.45, 7) is 6.54. The lowest BCUT2D eigenvalue weighted by Gasteiger charge is -2.20. The minimum absolute atomic E-state index is 0.0725. The number of amides is 1. The van der Waals surface area contributed by atoms with Gasteiger partial charge < -0.3 is 5.32 Å². The fourth-order valence-electron chi connectivity index (χ4n) is 2.85. The number of benzene rings is 2. The standard InChI is InChI=1S/C20H22ClNO/c1-19(2,3)14-6-10-17(11-7-14)22-18(23)20(12-13-20)15-4-8-16(21)9-5-15/h4-11H,12-13H2,1-3H3,(H,22,23). The van der Waals surface area contributed by atoms with Crippen LogP contribution in [0, 0.1) is 0 Å². The summed E-state index contributed by atoms with van der Waals surface area (Å²) >= 11 is 5.94. The van der Waals surface area contributed by atoms with Crippen molar-refractivity contribution in [3.63, 3.8) is 0 Å². The first-order valence-corrected chi connectivity index (χ1v) is 8.37. The molecule has 0 radical (unpaired) electrons. The van der Waals surface area contributed by atoms with E-state index in [0.29, 0.717) is 5.02 Å². The van der Waals surface area contributed by atoms with Crippen LogP contribution in [0.1, 0.15) is 44.7 Å². The third kappa shape index (κ3) is 3.28. The number of hydrogen-bond acceptors (Lipinski definition) is 1. The van der Waals surface area contributed by atoms with Gasteiger partial charge in [-0.1, -0.05) is 56.6 Å². The summed E-state index contributed by atoms with van der Waals surface area (Å²) in [5.74, 6) is 0.0725. The summed E-state index contributed by atoms with van der Waals surface area (Å²) in [6, 6.07) is 15.7. The lowest BCUT2D eigenvalue weighted by Crippen LogP contribution is -2.27. The normalized spacial score (nSPS) is 16.0. The third-order valence-electron chi connectivity index (χ3n) is 4.59. The second kappa shape index (κ2) is 5.68. The molecule has 1 saturated carbocycles. The summed E-state index contributed by atoms with van der Waals surface area (Å²) < 4.78 is 0. The number of carbonyl (C=O) groups excluding carboxylic acids is 1. The molecule has 1 N–H and O–H groups in total. The first-order chi connectivity index (χ1) is 10.8. The Hall–Kier alpha value is -1.80. The van der Waals surface area contributed by atoms with Gasteiger partial charge in [-0.05, 0) is 53.6 Å². The van der Waals surface area contributed by atoms with Crippen LogP contribution >= 0.6 is 11.6 Å². The largest absolute Gasteiger partial charge is 0.325 e. The predicted octanol–water partition coefficient (Wildman–Crippen LogP) is 5.31. The van der Waals surface area contributed by atoms with Crippen LogP contribution < -0.4 is 5.32 Å². The molecule has 23 heavy (non-hydrogen) atoms. The summed E-state index contributed by atoms with van der Waals surface area (Å²) in [4.78, 5) is 12.7. The number of anilines is 1. The van der Waals surface area contributed by atoms with Gasteiger partial charge in [0.2, 0.25) is 5.91 Å². The lowest BCUT2D eigenvalue weighted by atomic mass is 9.87. The van der Waals surface area contributed by atoms with E-state index in [4.69, 9.17) is 11.6 Å². The minimum atomic E-state index is -0.382. The fraction of sp³-hybridized carbons (Fsp3) is 0.350. The number of hydrogen-bond donors (Lipinski definition) is 1. The van der Waals surface area contributed by atoms with E-state index in [-0.39, 0.29) is 16.7 Å². The van der Waals surface area contributed by atoms with E-state index >= 15 is 0 Å². The maximum Gasteiger partial charge on any atom is 0.235 e. The van der Waals surface area contributed by atoms with E-state index in [1.807, 2.05) is 36.4 Å². The molecule has 2 aromatic rings. The average Bonchev–Trinajstić information content (AvgIpc) is 3.29. The number of carbonyl (C=O) groups is 1. The molecule has 0 bridgehead atoms. The van der Waals surface area contributed by atoms with Gasteiger partial charge in [0.25, 0.3) is 0 Å². The van der Waals surface area contributed by atoms with Gasteiger partial charge in [-0.3, -0.25) is 4.79 Å². The summed E-state index contributed by atoms with van der Waals surface area (Å²) in [5, 5.41) is 3.76. The summed E-state index contributed by atoms with van der Waals surface area (Å²) in [5.41, 5.74) is 2.89. The summed E-state index contributed by atoms with van der Waals surface area (Å²) in [6.07, 6.45) is 1.78. The Morgan fingerprint density at radius 2 is 1.57 bits per heavy atom. The molecule has 0 heterocycles. The van der Waals surface area contributed by atoms with Gasteiger partial charge in [0.15, 0.2) is 0 Å². The summed E-state index contributed by atoms with van der Waals surface area (Å²) in [7, 11) is 0. The van der Waals surface area contributed by atoms with Gasteiger partial charge in [0.05, 0.1) is 5.41 Å². The molecule has 3 heteroatoms. The highest BCUT2D eigenvalue weighted by Gasteiger charge is 2.51. The Bertz CT molecular complexity index is 707. The van der Waals surface area contributed by atoms with Crippen molar-refractivity contribution in [1.82, 2.24) is 0 Å². The second-order valence-electron chi connectivity index (χ2n) is 7.37. The van der Waals surface area contributed by atoms with Crippen molar-refractivity contribution < 1.29 is 4.79 Å². The highest BCUT2D eigenvalue weighted by molar-refractivity contribution is 6.30. The van der Waals surface area contributed by atoms with Crippen LogP contribution in [-0.2, 0) is 15.6 Å². The number of halogens is 1. The van der Waals surface area contributed by atoms with Crippen LogP contribution in [0.3, 0.4) is 0 Å². The van der Waals surface area contributed by atoms with Crippen LogP contribution in [0.25, 0.3) is 0 Å². The molecule has 0 unspecified atom stereocenters. The molecule has 0 saturated heterocycles. The molecule has 120 valence electrons. The zero-order chi connectivity index (χ0) is 16.7. The van der Waals surface area contributed by atoms with Crippen molar-refractivity contribution in [2.24, 2.45) is 0 Å². The van der Waals surface area contributed by atoms with Crippen molar-refractivity contribution >= 4 is 23.2 Å². The number of rotatable bonds is 3. The van der Waals surface area contributed by atoms with E-state index in [0.717, 1.165) is 24.1 Å². The zero-order valence-electron chi connectivity index (χ0n) is 13.8. The topological polar surface area (TPSA) is 29.1 Å². The third-order valence-corrected chi connectivity index (χ3v) is 4.84. The Morgan fingerprint density at radius 3 is 2.04 bits per heavy atom. The Labute approximate surface area is 142 Å². The van der Waals surface area contributed by atoms with Crippen LogP contribution in [-0.4, -0.2) is 5.91 Å². The highest BCUT2D eigenvalue weighted by atomic mass is 35.5. The molecule has 1 amide bonds. The first-order valence-electron chi connectivity index (χ1n) is 7.99. The van der Waals surface area contributed by atoms with Crippen LogP contribution in [0.15, 0.2) is 48.5 Å². The van der Waals surface area contributed by atoms with Crippen molar-refractivity contribution in [3.8, 4) is 0 Å². The van der Waals surface area contributed by atoms with Crippen LogP contribution in [0.2, 0.25) is 5.02 Å². The molecular weight excluding hydrogens is 306 g/mol. The minimum Gasteiger partial charge on any atom is -0.325 e. The molecule has 0 spiro atoms. The molecule has 0 aliphatic heterocycles. The molecule has 0 aromatic heterocycles. The number of nitrogens with one attached hydrogen (secondary N) is 1. The predicted molar refractivity (Wildman–Crippen MR) is 96.1 cm³/mol. The monoisotopic (exact) mass is 327 g/mol. The SMILES string of the molecule is CC(C)(C)c1ccc(NC(=O)C2(c3ccc(Cl)cc3)CC2)cc1. The van der Waals surface area contributed by atoms with Crippen molar-refractivity contribution in [2.45, 2.75) is 44.4 Å². The zero-order valence-corrected chi connectivity index (χ0v) is 14.6. The first kappa shape index (κ1) is 16.1. The lowest BCUT2D eigenvalue weighted by molar-refractivity contribution is -0.118. The second-order valence-corrected chi connectivity index (χ2v) is 7.81. The Morgan fingerprint density at radius 1 is 1.00 bits per heavy atom. The molecule has 0 atom stereocenters. The molecule has 3 rings (SSSR count). The van der Waals surface area contributed by atoms with E-state index in [9.17, 15) is 4.79 Å². The van der Waals surface area contributed by atoms with Crippen molar-refractivity contribution in [1.29, 1.82) is 0 Å². The fourth-order valence-corrected chi connectivity index (χ4v) is 2.97. The van der Waals surface area contributed by atoms with Crippen molar-refractivity contribution in [3.05, 3.63) is 64.7 Å². The molecule has 1 aliphatic rings. The quantitative estimate of drug-likeness (QED) is 0.813. The van der Waals surface area contributed by atoms with E-state index in [1.165, 1.54) is 5.56 Å². The van der Waals surface area contributed by atoms with E-state index in [1.54, 1.807) is 0 Å². The van der Waals surface area contributed by atoms with Crippen molar-refractivity contribution in [2.75, 3.05) is 5.32 Å². The van der Waals surface area contributed by atoms with Crippen LogP contribution in [0.4, 0.5) is 5.69 Å². The average molecular weight is 328 g/mol. The highest BCUT2D eigenvalue weighted by Crippen LogP contribution is 2.49. The van der Waals surface area contributed by atoms with Crippen LogP contribution in [0.5, 0.6) is 0 Å². The van der Waals surface area contributed by atoms with Gasteiger partial charge in [-0.2, -0.15) is 0 Å². The maximum atomic E-state index is 12.7. The molecule has 2 aromatic carbocycles. The Kier molecular flexibility index (Phi) is 3.97. The van der Waals surface area contributed by atoms with Gasteiger partial charge in [-0.25, -0.2) is 0 Å². The smallest absolute Gasteiger partial charge is 0.235 e. The molecule has 2 nitrogen and oxygen atoms in total. The maximum absolute atomic E-state index is 12.7.